The summed E-state index contributed by atoms with van der Waals surface area (Å²) in [4.78, 5) is 35.4. The van der Waals surface area contributed by atoms with Gasteiger partial charge in [0.25, 0.3) is 0 Å². The summed E-state index contributed by atoms with van der Waals surface area (Å²) in [7, 11) is 0. The molecule has 0 bridgehead atoms. The van der Waals surface area contributed by atoms with Gasteiger partial charge in [-0.15, -0.1) is 10.2 Å². The van der Waals surface area contributed by atoms with E-state index in [4.69, 9.17) is 4.42 Å². The summed E-state index contributed by atoms with van der Waals surface area (Å²) < 4.78 is 88.1. The normalized spacial score (nSPS) is 11.9. The zero-order valence-electron chi connectivity index (χ0n) is 17.1. The molecule has 8 nitrogen and oxygen atoms in total. The molecule has 0 saturated carbocycles. The molecule has 0 aliphatic carbocycles. The van der Waals surface area contributed by atoms with Gasteiger partial charge in [0.2, 0.25) is 22.2 Å². The van der Waals surface area contributed by atoms with Crippen LogP contribution >= 0.6 is 23.1 Å². The molecule has 0 atom stereocenters. The maximum absolute atomic E-state index is 13.0. The average molecular weight is 539 g/mol. The maximum atomic E-state index is 13.0. The molecule has 16 heteroatoms. The minimum atomic E-state index is -5.16. The molecule has 3 rings (SSSR count). The van der Waals surface area contributed by atoms with Crippen LogP contribution in [0.4, 0.5) is 31.5 Å². The second-order valence-corrected chi connectivity index (χ2v) is 8.80. The SMILES string of the molecule is CC(=O)Nc1nnc(SCc2cc(=O)c(OC(=O)c3cc(C(F)(F)F)cc(C(F)(F)F)c3)co2)s1. The Bertz CT molecular complexity index is 1290. The van der Waals surface area contributed by atoms with Crippen LogP contribution in [0.1, 0.15) is 34.2 Å². The summed E-state index contributed by atoms with van der Waals surface area (Å²) in [6.07, 6.45) is -9.62. The number of ether oxygens (including phenoxy) is 1. The summed E-state index contributed by atoms with van der Waals surface area (Å²) in [6.45, 7) is 1.29. The van der Waals surface area contributed by atoms with Gasteiger partial charge in [-0.25, -0.2) is 4.79 Å². The number of benzene rings is 1. The van der Waals surface area contributed by atoms with Crippen molar-refractivity contribution in [2.24, 2.45) is 0 Å². The fraction of sp³-hybridized carbons (Fsp3) is 0.211. The number of esters is 1. The molecule has 186 valence electrons. The number of aromatic nitrogens is 2. The predicted octanol–water partition coefficient (Wildman–Crippen LogP) is 5.00. The van der Waals surface area contributed by atoms with Crippen molar-refractivity contribution < 1.29 is 45.1 Å². The van der Waals surface area contributed by atoms with Crippen LogP contribution in [0.15, 0.2) is 44.1 Å². The number of amides is 1. The lowest BCUT2D eigenvalue weighted by molar-refractivity contribution is -0.143. The number of nitrogens with zero attached hydrogens (tertiary/aromatic N) is 2. The van der Waals surface area contributed by atoms with E-state index in [0.29, 0.717) is 10.6 Å². The number of hydrogen-bond donors (Lipinski definition) is 1. The van der Waals surface area contributed by atoms with Crippen molar-refractivity contribution in [1.29, 1.82) is 0 Å². The first-order valence-corrected chi connectivity index (χ1v) is 10.9. The Balaban J connectivity index is 1.74. The van der Waals surface area contributed by atoms with Crippen molar-refractivity contribution in [2.45, 2.75) is 29.4 Å². The van der Waals surface area contributed by atoms with Gasteiger partial charge in [-0.05, 0) is 18.2 Å². The molecule has 2 aromatic heterocycles. The van der Waals surface area contributed by atoms with Crippen molar-refractivity contribution in [2.75, 3.05) is 5.32 Å². The number of hydrogen-bond acceptors (Lipinski definition) is 9. The maximum Gasteiger partial charge on any atom is 0.416 e. The molecule has 1 aromatic carbocycles. The number of halogens is 6. The van der Waals surface area contributed by atoms with E-state index in [2.05, 4.69) is 20.3 Å². The number of carbonyl (C=O) groups excluding carboxylic acids is 2. The molecule has 0 radical (unpaired) electrons. The van der Waals surface area contributed by atoms with Crippen LogP contribution in [0.25, 0.3) is 0 Å². The Kier molecular flexibility index (Phi) is 7.54. The second-order valence-electron chi connectivity index (χ2n) is 6.60. The van der Waals surface area contributed by atoms with E-state index in [1.807, 2.05) is 0 Å². The van der Waals surface area contributed by atoms with E-state index in [1.54, 1.807) is 0 Å². The van der Waals surface area contributed by atoms with Crippen LogP contribution in [-0.2, 0) is 22.9 Å². The number of thioether (sulfide) groups is 1. The fourth-order valence-electron chi connectivity index (χ4n) is 2.42. The molecule has 0 aliphatic rings. The van der Waals surface area contributed by atoms with Gasteiger partial charge in [0.15, 0.2) is 4.34 Å². The van der Waals surface area contributed by atoms with E-state index in [1.165, 1.54) is 6.92 Å². The first-order chi connectivity index (χ1) is 16.2. The molecule has 35 heavy (non-hydrogen) atoms. The van der Waals surface area contributed by atoms with Crippen LogP contribution in [-0.4, -0.2) is 22.1 Å². The van der Waals surface area contributed by atoms with Crippen LogP contribution in [0.2, 0.25) is 0 Å². The van der Waals surface area contributed by atoms with E-state index in [-0.39, 0.29) is 40.8 Å². The fourth-order valence-corrected chi connectivity index (χ4v) is 4.11. The van der Waals surface area contributed by atoms with Crippen molar-refractivity contribution >= 4 is 40.1 Å². The lowest BCUT2D eigenvalue weighted by atomic mass is 10.0. The number of alkyl halides is 6. The molecule has 3 aromatic rings. The third-order valence-corrected chi connectivity index (χ3v) is 5.90. The van der Waals surface area contributed by atoms with Gasteiger partial charge in [0.1, 0.15) is 12.0 Å². The molecule has 1 amide bonds. The van der Waals surface area contributed by atoms with Gasteiger partial charge in [0.05, 0.1) is 22.4 Å². The number of rotatable bonds is 6. The summed E-state index contributed by atoms with van der Waals surface area (Å²) in [5.41, 5.74) is -5.38. The lowest BCUT2D eigenvalue weighted by Crippen LogP contribution is -2.18. The van der Waals surface area contributed by atoms with Crippen molar-refractivity contribution in [3.63, 3.8) is 0 Å². The van der Waals surface area contributed by atoms with Crippen molar-refractivity contribution in [3.05, 3.63) is 63.2 Å². The number of anilines is 1. The van der Waals surface area contributed by atoms with Crippen molar-refractivity contribution in [1.82, 2.24) is 10.2 Å². The van der Waals surface area contributed by atoms with Crippen LogP contribution in [0.5, 0.6) is 5.75 Å². The Labute approximate surface area is 199 Å². The molecule has 2 heterocycles. The topological polar surface area (TPSA) is 111 Å². The average Bonchev–Trinajstić information content (AvgIpc) is 3.19. The Morgan fingerprint density at radius 1 is 1.06 bits per heavy atom. The monoisotopic (exact) mass is 539 g/mol. The summed E-state index contributed by atoms with van der Waals surface area (Å²) in [6, 6.07) is 1.15. The first-order valence-electron chi connectivity index (χ1n) is 9.09. The third-order valence-electron chi connectivity index (χ3n) is 3.91. The summed E-state index contributed by atoms with van der Waals surface area (Å²) in [5, 5.41) is 10.2. The highest BCUT2D eigenvalue weighted by molar-refractivity contribution is 8.00. The molecule has 0 unspecified atom stereocenters. The largest absolute Gasteiger partial charge is 0.464 e. The molecule has 0 spiro atoms. The molecule has 0 aliphatic heterocycles. The summed E-state index contributed by atoms with van der Waals surface area (Å²) in [5.74, 6) is -2.53. The Morgan fingerprint density at radius 2 is 1.69 bits per heavy atom. The van der Waals surface area contributed by atoms with E-state index in [9.17, 15) is 40.7 Å². The van der Waals surface area contributed by atoms with Gasteiger partial charge in [-0.3, -0.25) is 9.59 Å². The highest BCUT2D eigenvalue weighted by Crippen LogP contribution is 2.36. The lowest BCUT2D eigenvalue weighted by Gasteiger charge is -2.13. The number of carbonyl (C=O) groups is 2. The quantitative estimate of drug-likeness (QED) is 0.202. The van der Waals surface area contributed by atoms with Crippen LogP contribution in [0.3, 0.4) is 0 Å². The zero-order valence-corrected chi connectivity index (χ0v) is 18.7. The third kappa shape index (κ3) is 7.05. The first kappa shape index (κ1) is 26.2. The molecule has 1 N–H and O–H groups in total. The van der Waals surface area contributed by atoms with Gasteiger partial charge in [-0.1, -0.05) is 23.1 Å². The minimum absolute atomic E-state index is 0.0702. The van der Waals surface area contributed by atoms with Crippen LogP contribution < -0.4 is 15.5 Å². The molecule has 0 saturated heterocycles. The smallest absolute Gasteiger partial charge is 0.416 e. The molecule has 0 fully saturated rings. The predicted molar refractivity (Wildman–Crippen MR) is 110 cm³/mol. The Hall–Kier alpha value is -3.40. The van der Waals surface area contributed by atoms with Gasteiger partial charge in [-0.2, -0.15) is 26.3 Å². The van der Waals surface area contributed by atoms with Gasteiger partial charge in [0, 0.05) is 13.0 Å². The van der Waals surface area contributed by atoms with Gasteiger partial charge < -0.3 is 14.5 Å². The van der Waals surface area contributed by atoms with Crippen LogP contribution in [0, 0.1) is 0 Å². The number of nitrogens with one attached hydrogen (secondary N) is 1. The van der Waals surface area contributed by atoms with E-state index >= 15 is 0 Å². The second kappa shape index (κ2) is 10.1. The minimum Gasteiger partial charge on any atom is -0.464 e. The van der Waals surface area contributed by atoms with Gasteiger partial charge >= 0.3 is 18.3 Å². The molecular formula is C19H11F6N3O5S2. The zero-order chi connectivity index (χ0) is 26.0. The Morgan fingerprint density at radius 3 is 2.23 bits per heavy atom. The highest BCUT2D eigenvalue weighted by Gasteiger charge is 2.37. The van der Waals surface area contributed by atoms with Crippen molar-refractivity contribution in [3.8, 4) is 5.75 Å². The van der Waals surface area contributed by atoms with E-state index in [0.717, 1.165) is 29.2 Å². The van der Waals surface area contributed by atoms with E-state index < -0.39 is 46.2 Å². The molecular weight excluding hydrogens is 528 g/mol. The summed E-state index contributed by atoms with van der Waals surface area (Å²) >= 11 is 2.15. The highest BCUT2D eigenvalue weighted by atomic mass is 32.2. The standard InChI is InChI=1S/C19H11F6N3O5S2/c1-8(29)26-16-27-28-17(35-16)34-7-12-5-13(30)14(6-32-12)33-15(31)9-2-10(18(20,21)22)4-11(3-9)19(23,24)25/h2-6H,7H2,1H3,(H,26,27,29).